The van der Waals surface area contributed by atoms with Crippen LogP contribution in [0.5, 0.6) is 0 Å². The van der Waals surface area contributed by atoms with Crippen molar-refractivity contribution in [3.63, 3.8) is 0 Å². The first-order valence-corrected chi connectivity index (χ1v) is 5.82. The van der Waals surface area contributed by atoms with E-state index >= 15 is 0 Å². The minimum absolute atomic E-state index is 0.121. The van der Waals surface area contributed by atoms with Gasteiger partial charge in [0.15, 0.2) is 0 Å². The van der Waals surface area contributed by atoms with Gasteiger partial charge in [-0.15, -0.1) is 0 Å². The van der Waals surface area contributed by atoms with Crippen molar-refractivity contribution < 1.29 is 4.42 Å². The molecule has 84 valence electrons. The molecule has 1 heterocycles. The van der Waals surface area contributed by atoms with Gasteiger partial charge < -0.3 is 4.42 Å². The Kier molecular flexibility index (Phi) is 3.66. The molecule has 0 fully saturated rings. The fourth-order valence-corrected chi connectivity index (χ4v) is 1.95. The lowest BCUT2D eigenvalue weighted by Crippen LogP contribution is -2.28. The standard InChI is InChI=1S/C11H10BrClN2O/c12-9-2-1-7(5-10(9)13)11(15-14)8-3-4-16-6-8/h1-6,11,15H,14H2. The first-order valence-electron chi connectivity index (χ1n) is 4.65. The monoisotopic (exact) mass is 300 g/mol. The topological polar surface area (TPSA) is 51.2 Å². The van der Waals surface area contributed by atoms with Gasteiger partial charge in [0.25, 0.3) is 0 Å². The van der Waals surface area contributed by atoms with E-state index < -0.39 is 0 Å². The largest absolute Gasteiger partial charge is 0.472 e. The maximum Gasteiger partial charge on any atom is 0.0954 e. The van der Waals surface area contributed by atoms with E-state index in [2.05, 4.69) is 21.4 Å². The molecule has 1 unspecified atom stereocenters. The molecular formula is C11H10BrClN2O. The molecule has 0 aliphatic carbocycles. The molecular weight excluding hydrogens is 291 g/mol. The van der Waals surface area contributed by atoms with Crippen LogP contribution in [0.1, 0.15) is 17.2 Å². The molecule has 0 bridgehead atoms. The Labute approximate surface area is 107 Å². The quantitative estimate of drug-likeness (QED) is 0.676. The average molecular weight is 302 g/mol. The summed E-state index contributed by atoms with van der Waals surface area (Å²) in [5.41, 5.74) is 4.68. The van der Waals surface area contributed by atoms with Crippen LogP contribution in [-0.2, 0) is 0 Å². The third-order valence-corrected chi connectivity index (χ3v) is 3.55. The Morgan fingerprint density at radius 2 is 2.12 bits per heavy atom. The third kappa shape index (κ3) is 2.30. The van der Waals surface area contributed by atoms with E-state index in [1.165, 1.54) is 0 Å². The summed E-state index contributed by atoms with van der Waals surface area (Å²) in [5.74, 6) is 5.54. The molecule has 0 aliphatic rings. The summed E-state index contributed by atoms with van der Waals surface area (Å²) in [7, 11) is 0. The Morgan fingerprint density at radius 3 is 2.69 bits per heavy atom. The minimum atomic E-state index is -0.121. The summed E-state index contributed by atoms with van der Waals surface area (Å²) in [6.07, 6.45) is 3.26. The number of hydrogen-bond acceptors (Lipinski definition) is 3. The summed E-state index contributed by atoms with van der Waals surface area (Å²) in [6, 6.07) is 7.45. The minimum Gasteiger partial charge on any atom is -0.472 e. The van der Waals surface area contributed by atoms with Crippen molar-refractivity contribution in [2.24, 2.45) is 5.84 Å². The zero-order valence-electron chi connectivity index (χ0n) is 8.28. The van der Waals surface area contributed by atoms with Crippen molar-refractivity contribution in [2.45, 2.75) is 6.04 Å². The van der Waals surface area contributed by atoms with E-state index in [0.29, 0.717) is 5.02 Å². The molecule has 0 saturated carbocycles. The zero-order chi connectivity index (χ0) is 11.5. The van der Waals surface area contributed by atoms with Crippen LogP contribution in [0, 0.1) is 0 Å². The van der Waals surface area contributed by atoms with Crippen LogP contribution >= 0.6 is 27.5 Å². The van der Waals surface area contributed by atoms with Crippen LogP contribution in [-0.4, -0.2) is 0 Å². The highest BCUT2D eigenvalue weighted by atomic mass is 79.9. The Morgan fingerprint density at radius 1 is 1.31 bits per heavy atom. The normalized spacial score (nSPS) is 12.7. The molecule has 0 spiro atoms. The smallest absolute Gasteiger partial charge is 0.0954 e. The third-order valence-electron chi connectivity index (χ3n) is 2.32. The summed E-state index contributed by atoms with van der Waals surface area (Å²) < 4.78 is 5.90. The second-order valence-electron chi connectivity index (χ2n) is 3.33. The number of rotatable bonds is 3. The van der Waals surface area contributed by atoms with Crippen LogP contribution in [0.4, 0.5) is 0 Å². The van der Waals surface area contributed by atoms with Crippen LogP contribution in [0.2, 0.25) is 5.02 Å². The predicted octanol–water partition coefficient (Wildman–Crippen LogP) is 3.25. The van der Waals surface area contributed by atoms with Crippen molar-refractivity contribution >= 4 is 27.5 Å². The highest BCUT2D eigenvalue weighted by Crippen LogP contribution is 2.28. The predicted molar refractivity (Wildman–Crippen MR) is 67.0 cm³/mol. The number of benzene rings is 1. The van der Waals surface area contributed by atoms with E-state index in [1.54, 1.807) is 12.5 Å². The maximum absolute atomic E-state index is 6.04. The van der Waals surface area contributed by atoms with Crippen molar-refractivity contribution in [3.8, 4) is 0 Å². The molecule has 3 nitrogen and oxygen atoms in total. The van der Waals surface area contributed by atoms with Gasteiger partial charge in [0.2, 0.25) is 0 Å². The molecule has 3 N–H and O–H groups in total. The first-order chi connectivity index (χ1) is 7.72. The van der Waals surface area contributed by atoms with Gasteiger partial charge in [-0.3, -0.25) is 5.84 Å². The fourth-order valence-electron chi connectivity index (χ4n) is 1.52. The molecule has 0 saturated heterocycles. The van der Waals surface area contributed by atoms with E-state index in [1.807, 2.05) is 24.3 Å². The Balaban J connectivity index is 2.37. The maximum atomic E-state index is 6.04. The van der Waals surface area contributed by atoms with Crippen molar-refractivity contribution in [3.05, 3.63) is 57.4 Å². The lowest BCUT2D eigenvalue weighted by atomic mass is 10.0. The SMILES string of the molecule is NNC(c1ccoc1)c1ccc(Br)c(Cl)c1. The van der Waals surface area contributed by atoms with E-state index in [9.17, 15) is 0 Å². The van der Waals surface area contributed by atoms with Gasteiger partial charge in [0.05, 0.1) is 23.6 Å². The highest BCUT2D eigenvalue weighted by molar-refractivity contribution is 9.10. The van der Waals surface area contributed by atoms with E-state index in [-0.39, 0.29) is 6.04 Å². The van der Waals surface area contributed by atoms with Crippen molar-refractivity contribution in [1.29, 1.82) is 0 Å². The van der Waals surface area contributed by atoms with Crippen LogP contribution < -0.4 is 11.3 Å². The molecule has 1 aromatic heterocycles. The van der Waals surface area contributed by atoms with Crippen LogP contribution in [0.15, 0.2) is 45.7 Å². The van der Waals surface area contributed by atoms with Gasteiger partial charge in [-0.1, -0.05) is 17.7 Å². The van der Waals surface area contributed by atoms with Gasteiger partial charge in [-0.2, -0.15) is 0 Å². The van der Waals surface area contributed by atoms with Gasteiger partial charge in [0, 0.05) is 10.0 Å². The second-order valence-corrected chi connectivity index (χ2v) is 4.59. The number of nitrogens with two attached hydrogens (primary N) is 1. The number of hydrazine groups is 1. The highest BCUT2D eigenvalue weighted by Gasteiger charge is 2.14. The average Bonchev–Trinajstić information content (AvgIpc) is 2.78. The van der Waals surface area contributed by atoms with Crippen molar-refractivity contribution in [1.82, 2.24) is 5.43 Å². The lowest BCUT2D eigenvalue weighted by molar-refractivity contribution is 0.553. The van der Waals surface area contributed by atoms with Gasteiger partial charge >= 0.3 is 0 Å². The molecule has 1 aromatic carbocycles. The van der Waals surface area contributed by atoms with Crippen LogP contribution in [0.3, 0.4) is 0 Å². The first kappa shape index (κ1) is 11.7. The summed E-state index contributed by atoms with van der Waals surface area (Å²) in [5, 5.41) is 0.654. The summed E-state index contributed by atoms with van der Waals surface area (Å²) in [4.78, 5) is 0. The molecule has 1 atom stereocenters. The Hall–Kier alpha value is -0.810. The zero-order valence-corrected chi connectivity index (χ0v) is 10.6. The molecule has 2 aromatic rings. The number of nitrogens with one attached hydrogen (secondary N) is 1. The second kappa shape index (κ2) is 5.01. The number of furan rings is 1. The van der Waals surface area contributed by atoms with Gasteiger partial charge in [-0.05, 0) is 39.7 Å². The van der Waals surface area contributed by atoms with E-state index in [0.717, 1.165) is 15.6 Å². The lowest BCUT2D eigenvalue weighted by Gasteiger charge is -2.15. The number of hydrogen-bond donors (Lipinski definition) is 2. The van der Waals surface area contributed by atoms with E-state index in [4.69, 9.17) is 21.9 Å². The van der Waals surface area contributed by atoms with Gasteiger partial charge in [-0.25, -0.2) is 5.43 Å². The molecule has 5 heteroatoms. The summed E-state index contributed by atoms with van der Waals surface area (Å²) >= 11 is 9.38. The van der Waals surface area contributed by atoms with Crippen LogP contribution in [0.25, 0.3) is 0 Å². The summed E-state index contributed by atoms with van der Waals surface area (Å²) in [6.45, 7) is 0. The number of halogens is 2. The molecule has 0 radical (unpaired) electrons. The molecule has 16 heavy (non-hydrogen) atoms. The molecule has 0 aliphatic heterocycles. The van der Waals surface area contributed by atoms with Gasteiger partial charge in [0.1, 0.15) is 0 Å². The van der Waals surface area contributed by atoms with Crippen molar-refractivity contribution in [2.75, 3.05) is 0 Å². The fraction of sp³-hybridized carbons (Fsp3) is 0.0909. The molecule has 0 amide bonds. The Bertz CT molecular complexity index is 473. The molecule has 2 rings (SSSR count).